The molecular weight excluding hydrogens is 205 g/mol. The van der Waals surface area contributed by atoms with Crippen LogP contribution in [-0.2, 0) is 6.18 Å². The van der Waals surface area contributed by atoms with Gasteiger partial charge in [-0.1, -0.05) is 19.1 Å². The van der Waals surface area contributed by atoms with E-state index in [0.717, 1.165) is 12.5 Å². The van der Waals surface area contributed by atoms with Crippen LogP contribution in [0.4, 0.5) is 13.2 Å². The number of hydrogen-bond acceptors (Lipinski definition) is 1. The number of hydrogen-bond donors (Lipinski definition) is 0. The second-order valence-corrected chi connectivity index (χ2v) is 3.76. The van der Waals surface area contributed by atoms with E-state index in [1.165, 1.54) is 6.07 Å². The molecule has 1 aliphatic heterocycles. The number of fused-ring (bicyclic) bond motifs is 1. The summed E-state index contributed by atoms with van der Waals surface area (Å²) in [5.74, 6) is 0.153. The number of benzene rings is 1. The van der Waals surface area contributed by atoms with Crippen LogP contribution in [0.1, 0.15) is 30.4 Å². The van der Waals surface area contributed by atoms with Crippen molar-refractivity contribution in [2.75, 3.05) is 6.61 Å². The lowest BCUT2D eigenvalue weighted by Crippen LogP contribution is -2.17. The summed E-state index contributed by atoms with van der Waals surface area (Å²) in [5, 5.41) is 0. The Kier molecular flexibility index (Phi) is 2.37. The van der Waals surface area contributed by atoms with E-state index in [4.69, 9.17) is 4.74 Å². The van der Waals surface area contributed by atoms with Gasteiger partial charge in [0, 0.05) is 0 Å². The van der Waals surface area contributed by atoms with Gasteiger partial charge in [0.25, 0.3) is 0 Å². The van der Waals surface area contributed by atoms with E-state index in [2.05, 4.69) is 0 Å². The highest BCUT2D eigenvalue weighted by atomic mass is 19.4. The van der Waals surface area contributed by atoms with Gasteiger partial charge in [-0.05, 0) is 24.0 Å². The number of ether oxygens (including phenoxy) is 1. The molecule has 1 aliphatic rings. The second-order valence-electron chi connectivity index (χ2n) is 3.76. The van der Waals surface area contributed by atoms with Gasteiger partial charge in [-0.2, -0.15) is 13.2 Å². The van der Waals surface area contributed by atoms with E-state index in [9.17, 15) is 13.2 Å². The van der Waals surface area contributed by atoms with Crippen molar-refractivity contribution in [3.05, 3.63) is 29.3 Å². The average molecular weight is 216 g/mol. The predicted molar refractivity (Wildman–Crippen MR) is 50.0 cm³/mol. The Morgan fingerprint density at radius 2 is 2.07 bits per heavy atom. The zero-order chi connectivity index (χ0) is 11.1. The molecule has 1 atom stereocenters. The van der Waals surface area contributed by atoms with Gasteiger partial charge in [-0.3, -0.25) is 0 Å². The van der Waals surface area contributed by atoms with E-state index in [-0.39, 0.29) is 11.7 Å². The fourth-order valence-corrected chi connectivity index (χ4v) is 1.82. The highest BCUT2D eigenvalue weighted by Crippen LogP contribution is 2.43. The molecule has 0 aliphatic carbocycles. The summed E-state index contributed by atoms with van der Waals surface area (Å²) >= 11 is 0. The maximum Gasteiger partial charge on any atom is 0.419 e. The number of para-hydroxylation sites is 1. The van der Waals surface area contributed by atoms with Gasteiger partial charge in [-0.15, -0.1) is 0 Å². The number of alkyl halides is 3. The molecule has 4 heteroatoms. The standard InChI is InChI=1S/C11H11F3O/c1-7-5-6-15-10-8(7)3-2-4-9(10)11(12,13)14/h2-4,7H,5-6H2,1H3. The van der Waals surface area contributed by atoms with Crippen LogP contribution in [-0.4, -0.2) is 6.61 Å². The van der Waals surface area contributed by atoms with Gasteiger partial charge < -0.3 is 4.74 Å². The summed E-state index contributed by atoms with van der Waals surface area (Å²) in [5.41, 5.74) is 0.00243. The fraction of sp³-hybridized carbons (Fsp3) is 0.455. The van der Waals surface area contributed by atoms with Gasteiger partial charge >= 0.3 is 6.18 Å². The minimum atomic E-state index is -4.33. The maximum absolute atomic E-state index is 12.6. The molecule has 1 aromatic rings. The first kappa shape index (κ1) is 10.3. The highest BCUT2D eigenvalue weighted by Gasteiger charge is 2.36. The molecule has 82 valence electrons. The van der Waals surface area contributed by atoms with Gasteiger partial charge in [-0.25, -0.2) is 0 Å². The van der Waals surface area contributed by atoms with Crippen molar-refractivity contribution in [3.8, 4) is 5.75 Å². The molecule has 1 unspecified atom stereocenters. The fourth-order valence-electron chi connectivity index (χ4n) is 1.82. The molecule has 0 saturated carbocycles. The minimum absolute atomic E-state index is 0.0174. The molecule has 0 aromatic heterocycles. The molecule has 0 amide bonds. The molecule has 0 saturated heterocycles. The van der Waals surface area contributed by atoms with Crippen LogP contribution in [0.25, 0.3) is 0 Å². The lowest BCUT2D eigenvalue weighted by Gasteiger charge is -2.25. The van der Waals surface area contributed by atoms with Crippen LogP contribution < -0.4 is 4.74 Å². The monoisotopic (exact) mass is 216 g/mol. The van der Waals surface area contributed by atoms with Crippen LogP contribution in [0, 0.1) is 0 Å². The van der Waals surface area contributed by atoms with Gasteiger partial charge in [0.1, 0.15) is 5.75 Å². The topological polar surface area (TPSA) is 9.23 Å². The van der Waals surface area contributed by atoms with Crippen LogP contribution >= 0.6 is 0 Å². The average Bonchev–Trinajstić information content (AvgIpc) is 2.16. The lowest BCUT2D eigenvalue weighted by molar-refractivity contribution is -0.139. The molecular formula is C11H11F3O. The molecule has 0 bridgehead atoms. The summed E-state index contributed by atoms with van der Waals surface area (Å²) < 4.78 is 43.0. The molecule has 0 N–H and O–H groups in total. The van der Waals surface area contributed by atoms with Crippen molar-refractivity contribution < 1.29 is 17.9 Å². The van der Waals surface area contributed by atoms with Gasteiger partial charge in [0.05, 0.1) is 12.2 Å². The van der Waals surface area contributed by atoms with Crippen LogP contribution in [0.5, 0.6) is 5.75 Å². The van der Waals surface area contributed by atoms with Crippen molar-refractivity contribution in [1.82, 2.24) is 0 Å². The minimum Gasteiger partial charge on any atom is -0.493 e. The molecule has 1 aromatic carbocycles. The Balaban J connectivity index is 2.54. The van der Waals surface area contributed by atoms with Crippen molar-refractivity contribution in [1.29, 1.82) is 0 Å². The molecule has 1 nitrogen and oxygen atoms in total. The van der Waals surface area contributed by atoms with Crippen molar-refractivity contribution >= 4 is 0 Å². The Morgan fingerprint density at radius 3 is 2.73 bits per heavy atom. The van der Waals surface area contributed by atoms with Crippen molar-refractivity contribution in [3.63, 3.8) is 0 Å². The summed E-state index contributed by atoms with van der Waals surface area (Å²) in [7, 11) is 0. The van der Waals surface area contributed by atoms with E-state index in [0.29, 0.717) is 12.2 Å². The predicted octanol–water partition coefficient (Wildman–Crippen LogP) is 3.59. The van der Waals surface area contributed by atoms with E-state index >= 15 is 0 Å². The SMILES string of the molecule is CC1CCOc2c1cccc2C(F)(F)F. The Labute approximate surface area is 85.9 Å². The third-order valence-electron chi connectivity index (χ3n) is 2.68. The molecule has 2 rings (SSSR count). The molecule has 0 radical (unpaired) electrons. The lowest BCUT2D eigenvalue weighted by atomic mass is 9.93. The van der Waals surface area contributed by atoms with Gasteiger partial charge in [0.15, 0.2) is 0 Å². The smallest absolute Gasteiger partial charge is 0.419 e. The number of rotatable bonds is 0. The molecule has 1 heterocycles. The first-order valence-electron chi connectivity index (χ1n) is 4.83. The van der Waals surface area contributed by atoms with Crippen LogP contribution in [0.3, 0.4) is 0 Å². The Morgan fingerprint density at radius 1 is 1.33 bits per heavy atom. The first-order chi connectivity index (χ1) is 7.00. The Bertz CT molecular complexity index is 371. The second kappa shape index (κ2) is 3.43. The number of halogens is 3. The Hall–Kier alpha value is -1.19. The highest BCUT2D eigenvalue weighted by molar-refractivity contribution is 5.46. The maximum atomic E-state index is 12.6. The van der Waals surface area contributed by atoms with Gasteiger partial charge in [0.2, 0.25) is 0 Å². The van der Waals surface area contributed by atoms with Crippen LogP contribution in [0.15, 0.2) is 18.2 Å². The van der Waals surface area contributed by atoms with E-state index in [1.54, 1.807) is 6.07 Å². The third-order valence-corrected chi connectivity index (χ3v) is 2.68. The summed E-state index contributed by atoms with van der Waals surface area (Å²) in [6, 6.07) is 4.21. The normalized spacial score (nSPS) is 20.7. The third kappa shape index (κ3) is 1.80. The zero-order valence-electron chi connectivity index (χ0n) is 8.27. The first-order valence-corrected chi connectivity index (χ1v) is 4.83. The summed E-state index contributed by atoms with van der Waals surface area (Å²) in [4.78, 5) is 0. The summed E-state index contributed by atoms with van der Waals surface area (Å²) in [6.45, 7) is 2.28. The van der Waals surface area contributed by atoms with Crippen LogP contribution in [0.2, 0.25) is 0 Å². The van der Waals surface area contributed by atoms with Crippen molar-refractivity contribution in [2.45, 2.75) is 25.4 Å². The molecule has 0 spiro atoms. The summed E-state index contributed by atoms with van der Waals surface area (Å²) in [6.07, 6.45) is -3.56. The van der Waals surface area contributed by atoms with Crippen molar-refractivity contribution in [2.24, 2.45) is 0 Å². The molecule has 0 fully saturated rings. The van der Waals surface area contributed by atoms with E-state index in [1.807, 2.05) is 6.92 Å². The zero-order valence-corrected chi connectivity index (χ0v) is 8.27. The quantitative estimate of drug-likeness (QED) is 0.644. The largest absolute Gasteiger partial charge is 0.493 e. The molecule has 15 heavy (non-hydrogen) atoms. The van der Waals surface area contributed by atoms with E-state index < -0.39 is 11.7 Å².